The number of fused-ring (bicyclic) bond motifs is 2. The molecular formula is C20H12N4O4. The fourth-order valence-corrected chi connectivity index (χ4v) is 3.40. The number of imide groups is 1. The number of aromatic amines is 1. The zero-order chi connectivity index (χ0) is 19.3. The van der Waals surface area contributed by atoms with E-state index in [1.165, 1.54) is 6.26 Å². The summed E-state index contributed by atoms with van der Waals surface area (Å²) in [7, 11) is 0. The van der Waals surface area contributed by atoms with E-state index in [-0.39, 0.29) is 23.9 Å². The molecule has 1 aliphatic heterocycles. The predicted octanol–water partition coefficient (Wildman–Crippen LogP) is 2.37. The van der Waals surface area contributed by atoms with Gasteiger partial charge in [-0.15, -0.1) is 0 Å². The maximum atomic E-state index is 12.6. The van der Waals surface area contributed by atoms with E-state index in [4.69, 9.17) is 4.52 Å². The second-order valence-electron chi connectivity index (χ2n) is 6.41. The Bertz CT molecular complexity index is 1270. The van der Waals surface area contributed by atoms with Crippen molar-refractivity contribution >= 4 is 22.6 Å². The van der Waals surface area contributed by atoms with Crippen LogP contribution in [0.5, 0.6) is 0 Å². The lowest BCUT2D eigenvalue weighted by atomic mass is 10.0. The molecule has 2 amide bonds. The van der Waals surface area contributed by atoms with Crippen LogP contribution in [0.15, 0.2) is 64.2 Å². The summed E-state index contributed by atoms with van der Waals surface area (Å²) in [6.45, 7) is -0.0355. The molecule has 8 heteroatoms. The van der Waals surface area contributed by atoms with Crippen molar-refractivity contribution in [3.63, 3.8) is 0 Å². The molecule has 0 fully saturated rings. The molecule has 2 aromatic heterocycles. The van der Waals surface area contributed by atoms with Gasteiger partial charge in [-0.1, -0.05) is 29.4 Å². The molecule has 2 aromatic carbocycles. The number of carbonyl (C=O) groups is 2. The van der Waals surface area contributed by atoms with E-state index < -0.39 is 0 Å². The third-order valence-electron chi connectivity index (χ3n) is 4.82. The average Bonchev–Trinajstić information content (AvgIpc) is 3.34. The molecule has 0 aliphatic carbocycles. The molecular weight excluding hydrogens is 360 g/mol. The molecule has 8 nitrogen and oxygen atoms in total. The zero-order valence-corrected chi connectivity index (χ0v) is 14.4. The number of H-pyrrole nitrogens is 1. The quantitative estimate of drug-likeness (QED) is 0.553. The van der Waals surface area contributed by atoms with Crippen molar-refractivity contribution in [2.24, 2.45) is 0 Å². The molecule has 0 radical (unpaired) electrons. The Labute approximate surface area is 157 Å². The summed E-state index contributed by atoms with van der Waals surface area (Å²) in [6, 6.07) is 11.9. The Morgan fingerprint density at radius 1 is 0.929 bits per heavy atom. The summed E-state index contributed by atoms with van der Waals surface area (Å²) >= 11 is 0. The van der Waals surface area contributed by atoms with Crippen LogP contribution in [-0.2, 0) is 6.54 Å². The number of hydrogen-bond acceptors (Lipinski definition) is 6. The molecule has 0 atom stereocenters. The van der Waals surface area contributed by atoms with Gasteiger partial charge in [-0.25, -0.2) is 5.10 Å². The van der Waals surface area contributed by atoms with Crippen LogP contribution < -0.4 is 5.56 Å². The Hall–Kier alpha value is -4.07. The molecule has 0 bridgehead atoms. The Morgan fingerprint density at radius 2 is 1.68 bits per heavy atom. The fourth-order valence-electron chi connectivity index (χ4n) is 3.40. The van der Waals surface area contributed by atoms with Crippen molar-refractivity contribution in [2.45, 2.75) is 6.54 Å². The number of aromatic nitrogens is 3. The molecule has 3 heterocycles. The summed E-state index contributed by atoms with van der Waals surface area (Å²) in [4.78, 5) is 38.7. The maximum absolute atomic E-state index is 12.6. The molecule has 1 N–H and O–H groups in total. The lowest BCUT2D eigenvalue weighted by Gasteiger charge is -2.14. The standard InChI is InChI=1S/C20H12N4O4/c25-18-16-7-11(12-8-21-28-10-12)5-6-13(16)17(22-23-18)9-24-19(26)14-3-1-2-4-15(14)20(24)27/h1-8,10H,9H2,(H,23,25). The number of amides is 2. The fraction of sp³-hybridized carbons (Fsp3) is 0.0500. The lowest BCUT2D eigenvalue weighted by molar-refractivity contribution is 0.0641. The largest absolute Gasteiger partial charge is 0.364 e. The van der Waals surface area contributed by atoms with E-state index in [2.05, 4.69) is 15.4 Å². The first-order chi connectivity index (χ1) is 13.6. The van der Waals surface area contributed by atoms with E-state index in [0.29, 0.717) is 27.6 Å². The highest BCUT2D eigenvalue weighted by Crippen LogP contribution is 2.27. The molecule has 4 aromatic rings. The number of benzene rings is 2. The monoisotopic (exact) mass is 372 g/mol. The van der Waals surface area contributed by atoms with Gasteiger partial charge >= 0.3 is 0 Å². The van der Waals surface area contributed by atoms with Gasteiger partial charge in [0.1, 0.15) is 6.26 Å². The van der Waals surface area contributed by atoms with Crippen LogP contribution in [0.25, 0.3) is 21.9 Å². The molecule has 0 spiro atoms. The number of hydrogen-bond donors (Lipinski definition) is 1. The van der Waals surface area contributed by atoms with Gasteiger partial charge in [0, 0.05) is 10.9 Å². The van der Waals surface area contributed by atoms with Crippen molar-refractivity contribution in [3.8, 4) is 11.1 Å². The normalized spacial score (nSPS) is 13.4. The number of nitrogens with one attached hydrogen (secondary N) is 1. The van der Waals surface area contributed by atoms with Gasteiger partial charge in [0.05, 0.1) is 34.9 Å². The van der Waals surface area contributed by atoms with Crippen LogP contribution in [0, 0.1) is 0 Å². The Balaban J connectivity index is 1.57. The van der Waals surface area contributed by atoms with Crippen molar-refractivity contribution in [1.82, 2.24) is 20.3 Å². The highest BCUT2D eigenvalue weighted by molar-refractivity contribution is 6.21. The smallest absolute Gasteiger partial charge is 0.272 e. The summed E-state index contributed by atoms with van der Waals surface area (Å²) in [5, 5.41) is 11.2. The van der Waals surface area contributed by atoms with Gasteiger partial charge < -0.3 is 4.52 Å². The van der Waals surface area contributed by atoms with Crippen LogP contribution in [0.1, 0.15) is 26.4 Å². The molecule has 0 unspecified atom stereocenters. The zero-order valence-electron chi connectivity index (χ0n) is 14.4. The first-order valence-corrected chi connectivity index (χ1v) is 8.50. The lowest BCUT2D eigenvalue weighted by Crippen LogP contribution is -2.30. The van der Waals surface area contributed by atoms with E-state index in [1.54, 1.807) is 42.6 Å². The van der Waals surface area contributed by atoms with Crippen molar-refractivity contribution in [1.29, 1.82) is 0 Å². The van der Waals surface area contributed by atoms with Crippen LogP contribution in [0.2, 0.25) is 0 Å². The van der Waals surface area contributed by atoms with E-state index in [0.717, 1.165) is 16.0 Å². The SMILES string of the molecule is O=C1c2ccccc2C(=O)N1Cc1n[nH]c(=O)c2cc(-c3cnoc3)ccc12. The van der Waals surface area contributed by atoms with Gasteiger partial charge in [0.2, 0.25) is 0 Å². The minimum Gasteiger partial charge on any atom is -0.364 e. The van der Waals surface area contributed by atoms with Crippen molar-refractivity contribution in [3.05, 3.63) is 82.1 Å². The number of carbonyl (C=O) groups excluding carboxylic acids is 2. The summed E-state index contributed by atoms with van der Waals surface area (Å²) in [5.41, 5.74) is 2.31. The first kappa shape index (κ1) is 16.1. The summed E-state index contributed by atoms with van der Waals surface area (Å²) < 4.78 is 4.85. The topological polar surface area (TPSA) is 109 Å². The van der Waals surface area contributed by atoms with Gasteiger partial charge in [-0.2, -0.15) is 5.10 Å². The van der Waals surface area contributed by atoms with Crippen molar-refractivity contribution < 1.29 is 14.1 Å². The Kier molecular flexibility index (Phi) is 3.45. The van der Waals surface area contributed by atoms with Crippen LogP contribution in [0.4, 0.5) is 0 Å². The molecule has 5 rings (SSSR count). The second kappa shape index (κ2) is 5.98. The highest BCUT2D eigenvalue weighted by Gasteiger charge is 2.35. The first-order valence-electron chi connectivity index (χ1n) is 8.50. The van der Waals surface area contributed by atoms with Gasteiger partial charge in [-0.3, -0.25) is 19.3 Å². The molecule has 1 aliphatic rings. The second-order valence-corrected chi connectivity index (χ2v) is 6.41. The van der Waals surface area contributed by atoms with Crippen LogP contribution in [-0.4, -0.2) is 32.1 Å². The third kappa shape index (κ3) is 2.35. The van der Waals surface area contributed by atoms with E-state index in [9.17, 15) is 14.4 Å². The van der Waals surface area contributed by atoms with Crippen molar-refractivity contribution in [2.75, 3.05) is 0 Å². The summed E-state index contributed by atoms with van der Waals surface area (Å²) in [5.74, 6) is -0.745. The van der Waals surface area contributed by atoms with Gasteiger partial charge in [-0.05, 0) is 23.8 Å². The Morgan fingerprint density at radius 3 is 2.36 bits per heavy atom. The van der Waals surface area contributed by atoms with Crippen LogP contribution in [0.3, 0.4) is 0 Å². The van der Waals surface area contributed by atoms with Gasteiger partial charge in [0.25, 0.3) is 17.4 Å². The average molecular weight is 372 g/mol. The molecule has 0 saturated carbocycles. The van der Waals surface area contributed by atoms with E-state index in [1.807, 2.05) is 6.07 Å². The van der Waals surface area contributed by atoms with Gasteiger partial charge in [0.15, 0.2) is 0 Å². The molecule has 136 valence electrons. The molecule has 0 saturated heterocycles. The molecule has 28 heavy (non-hydrogen) atoms. The minimum absolute atomic E-state index is 0.0355. The van der Waals surface area contributed by atoms with Crippen LogP contribution >= 0.6 is 0 Å². The van der Waals surface area contributed by atoms with E-state index >= 15 is 0 Å². The highest BCUT2D eigenvalue weighted by atomic mass is 16.5. The maximum Gasteiger partial charge on any atom is 0.272 e. The summed E-state index contributed by atoms with van der Waals surface area (Å²) in [6.07, 6.45) is 3.03. The number of nitrogens with zero attached hydrogens (tertiary/aromatic N) is 3. The predicted molar refractivity (Wildman–Crippen MR) is 98.5 cm³/mol. The number of rotatable bonds is 3. The third-order valence-corrected chi connectivity index (χ3v) is 4.82. The minimum atomic E-state index is -0.372.